The van der Waals surface area contributed by atoms with E-state index in [1.54, 1.807) is 6.07 Å². The van der Waals surface area contributed by atoms with Gasteiger partial charge in [-0.25, -0.2) is 0 Å². The molecule has 4 aliphatic rings. The van der Waals surface area contributed by atoms with Crippen molar-refractivity contribution in [2.45, 2.75) is 25.4 Å². The molecule has 4 heterocycles. The van der Waals surface area contributed by atoms with Crippen molar-refractivity contribution in [3.63, 3.8) is 0 Å². The first-order valence-corrected chi connectivity index (χ1v) is 7.37. The summed E-state index contributed by atoms with van der Waals surface area (Å²) >= 11 is 0. The zero-order chi connectivity index (χ0) is 13.5. The Hall–Kier alpha value is -1.46. The Morgan fingerprint density at radius 1 is 1.20 bits per heavy atom. The molecule has 0 radical (unpaired) electrons. The zero-order valence-corrected chi connectivity index (χ0v) is 11.5. The summed E-state index contributed by atoms with van der Waals surface area (Å²) in [6.45, 7) is 4.55. The minimum Gasteiger partial charge on any atom is -0.507 e. The van der Waals surface area contributed by atoms with Gasteiger partial charge >= 0.3 is 0 Å². The summed E-state index contributed by atoms with van der Waals surface area (Å²) in [5.74, 6) is 2.43. The smallest absolute Gasteiger partial charge is 0.231 e. The molecule has 2 bridgehead atoms. The summed E-state index contributed by atoms with van der Waals surface area (Å²) < 4.78 is 10.6. The highest BCUT2D eigenvalue weighted by atomic mass is 16.7. The second kappa shape index (κ2) is 4.82. The monoisotopic (exact) mass is 276 g/mol. The van der Waals surface area contributed by atoms with E-state index in [0.717, 1.165) is 23.8 Å². The first-order valence-electron chi connectivity index (χ1n) is 7.37. The fraction of sp³-hybridized carbons (Fsp3) is 0.600. The van der Waals surface area contributed by atoms with E-state index in [-0.39, 0.29) is 12.5 Å². The van der Waals surface area contributed by atoms with E-state index in [1.165, 1.54) is 25.9 Å². The number of ether oxygens (including phenoxy) is 2. The Morgan fingerprint density at radius 2 is 1.95 bits per heavy atom. The van der Waals surface area contributed by atoms with Gasteiger partial charge in [0.25, 0.3) is 0 Å². The van der Waals surface area contributed by atoms with Crippen LogP contribution in [0.4, 0.5) is 0 Å². The molecule has 1 atom stereocenters. The van der Waals surface area contributed by atoms with Gasteiger partial charge in [-0.3, -0.25) is 0 Å². The van der Waals surface area contributed by atoms with E-state index in [2.05, 4.69) is 10.2 Å². The van der Waals surface area contributed by atoms with Crippen LogP contribution in [0, 0.1) is 5.92 Å². The Kier molecular flexibility index (Phi) is 2.97. The van der Waals surface area contributed by atoms with Gasteiger partial charge in [0, 0.05) is 30.8 Å². The quantitative estimate of drug-likeness (QED) is 0.871. The molecule has 0 amide bonds. The van der Waals surface area contributed by atoms with E-state index in [9.17, 15) is 5.11 Å². The van der Waals surface area contributed by atoms with Gasteiger partial charge in [-0.1, -0.05) is 0 Å². The third kappa shape index (κ3) is 2.11. The van der Waals surface area contributed by atoms with Crippen molar-refractivity contribution >= 4 is 0 Å². The third-order valence-corrected chi connectivity index (χ3v) is 4.78. The van der Waals surface area contributed by atoms with E-state index >= 15 is 0 Å². The number of piperidine rings is 3. The summed E-state index contributed by atoms with van der Waals surface area (Å²) in [6.07, 6.45) is 2.59. The summed E-state index contributed by atoms with van der Waals surface area (Å²) in [7, 11) is 0. The molecule has 2 N–H and O–H groups in total. The van der Waals surface area contributed by atoms with Crippen molar-refractivity contribution in [1.82, 2.24) is 10.2 Å². The number of hydrogen-bond donors (Lipinski definition) is 2. The van der Waals surface area contributed by atoms with Gasteiger partial charge in [-0.2, -0.15) is 0 Å². The van der Waals surface area contributed by atoms with Gasteiger partial charge in [0.2, 0.25) is 6.79 Å². The normalized spacial score (nSPS) is 30.7. The predicted octanol–water partition coefficient (Wildman–Crippen LogP) is 1.30. The lowest BCUT2D eigenvalue weighted by atomic mass is 9.84. The van der Waals surface area contributed by atoms with Gasteiger partial charge in [-0.15, -0.1) is 0 Å². The zero-order valence-electron chi connectivity index (χ0n) is 11.5. The molecule has 1 unspecified atom stereocenters. The van der Waals surface area contributed by atoms with E-state index in [4.69, 9.17) is 9.47 Å². The number of benzene rings is 1. The minimum absolute atomic E-state index is 0.241. The first kappa shape index (κ1) is 12.3. The summed E-state index contributed by atoms with van der Waals surface area (Å²) in [5.41, 5.74) is 0.880. The SMILES string of the molecule is Oc1cc2c(cc1CNC1CN3CCC1CC3)OCO2. The number of phenols is 1. The van der Waals surface area contributed by atoms with Crippen LogP contribution in [0.5, 0.6) is 17.2 Å². The van der Waals surface area contributed by atoms with Crippen LogP contribution in [-0.4, -0.2) is 42.5 Å². The molecule has 5 rings (SSSR count). The second-order valence-electron chi connectivity index (χ2n) is 5.96. The highest BCUT2D eigenvalue weighted by molar-refractivity contribution is 5.51. The maximum absolute atomic E-state index is 10.1. The predicted molar refractivity (Wildman–Crippen MR) is 74.0 cm³/mol. The van der Waals surface area contributed by atoms with Crippen molar-refractivity contribution < 1.29 is 14.6 Å². The molecule has 1 aromatic rings. The summed E-state index contributed by atoms with van der Waals surface area (Å²) in [5, 5.41) is 13.7. The van der Waals surface area contributed by atoms with Crippen LogP contribution >= 0.6 is 0 Å². The molecule has 4 aliphatic heterocycles. The average molecular weight is 276 g/mol. The number of nitrogens with one attached hydrogen (secondary N) is 1. The fourth-order valence-corrected chi connectivity index (χ4v) is 3.55. The molecule has 5 nitrogen and oxygen atoms in total. The van der Waals surface area contributed by atoms with Crippen molar-refractivity contribution in [3.05, 3.63) is 17.7 Å². The lowest BCUT2D eigenvalue weighted by Crippen LogP contribution is -2.55. The number of fused-ring (bicyclic) bond motifs is 4. The maximum atomic E-state index is 10.1. The van der Waals surface area contributed by atoms with Crippen LogP contribution in [0.2, 0.25) is 0 Å². The minimum atomic E-state index is 0.241. The highest BCUT2D eigenvalue weighted by Crippen LogP contribution is 2.37. The van der Waals surface area contributed by atoms with Crippen molar-refractivity contribution in [2.75, 3.05) is 26.4 Å². The summed E-state index contributed by atoms with van der Waals surface area (Å²) in [4.78, 5) is 2.52. The van der Waals surface area contributed by atoms with E-state index in [1.807, 2.05) is 6.07 Å². The van der Waals surface area contributed by atoms with Crippen molar-refractivity contribution in [2.24, 2.45) is 5.92 Å². The number of hydrogen-bond acceptors (Lipinski definition) is 5. The lowest BCUT2D eigenvalue weighted by Gasteiger charge is -2.45. The molecule has 0 aromatic heterocycles. The molecule has 108 valence electrons. The van der Waals surface area contributed by atoms with E-state index in [0.29, 0.717) is 18.3 Å². The summed E-state index contributed by atoms with van der Waals surface area (Å²) in [6, 6.07) is 4.07. The third-order valence-electron chi connectivity index (χ3n) is 4.78. The Bertz CT molecular complexity index is 512. The standard InChI is InChI=1S/C15H20N2O3/c18-13-6-15-14(19-9-20-15)5-11(13)7-16-12-8-17-3-1-10(12)2-4-17/h5-6,10,12,16,18H,1-4,7-9H2. The molecule has 5 heteroatoms. The number of nitrogens with zero attached hydrogens (tertiary/aromatic N) is 1. The van der Waals surface area contributed by atoms with Gasteiger partial charge < -0.3 is 24.8 Å². The van der Waals surface area contributed by atoms with Crippen LogP contribution in [0.1, 0.15) is 18.4 Å². The molecule has 0 spiro atoms. The van der Waals surface area contributed by atoms with Gasteiger partial charge in [0.15, 0.2) is 11.5 Å². The Morgan fingerprint density at radius 3 is 2.65 bits per heavy atom. The number of aromatic hydroxyl groups is 1. The molecular formula is C15H20N2O3. The van der Waals surface area contributed by atoms with Crippen LogP contribution in [0.15, 0.2) is 12.1 Å². The fourth-order valence-electron chi connectivity index (χ4n) is 3.55. The van der Waals surface area contributed by atoms with Crippen molar-refractivity contribution in [1.29, 1.82) is 0 Å². The van der Waals surface area contributed by atoms with E-state index < -0.39 is 0 Å². The molecule has 0 aliphatic carbocycles. The van der Waals surface area contributed by atoms with Crippen LogP contribution < -0.4 is 14.8 Å². The largest absolute Gasteiger partial charge is 0.507 e. The molecule has 1 aromatic carbocycles. The second-order valence-corrected chi connectivity index (χ2v) is 5.96. The molecule has 20 heavy (non-hydrogen) atoms. The number of rotatable bonds is 3. The molecule has 3 fully saturated rings. The van der Waals surface area contributed by atoms with Gasteiger partial charge in [0.1, 0.15) is 5.75 Å². The van der Waals surface area contributed by atoms with Crippen LogP contribution in [0.3, 0.4) is 0 Å². The van der Waals surface area contributed by atoms with Crippen molar-refractivity contribution in [3.8, 4) is 17.2 Å². The highest BCUT2D eigenvalue weighted by Gasteiger charge is 2.33. The van der Waals surface area contributed by atoms with Crippen LogP contribution in [-0.2, 0) is 6.54 Å². The van der Waals surface area contributed by atoms with Crippen LogP contribution in [0.25, 0.3) is 0 Å². The first-order chi connectivity index (χ1) is 9.79. The topological polar surface area (TPSA) is 54.0 Å². The Balaban J connectivity index is 1.44. The van der Waals surface area contributed by atoms with Gasteiger partial charge in [0.05, 0.1) is 0 Å². The molecular weight excluding hydrogens is 256 g/mol. The number of phenolic OH excluding ortho intramolecular Hbond substituents is 1. The molecule has 0 saturated carbocycles. The Labute approximate surface area is 118 Å². The lowest BCUT2D eigenvalue weighted by molar-refractivity contribution is 0.0719. The molecule has 3 saturated heterocycles. The average Bonchev–Trinajstić information content (AvgIpc) is 2.93. The van der Waals surface area contributed by atoms with Gasteiger partial charge in [-0.05, 0) is 37.9 Å². The maximum Gasteiger partial charge on any atom is 0.231 e.